The van der Waals surface area contributed by atoms with Gasteiger partial charge in [0, 0.05) is 43.3 Å². The van der Waals surface area contributed by atoms with Crippen LogP contribution in [0.4, 0.5) is 27.6 Å². The molecule has 2 aromatic rings. The lowest BCUT2D eigenvalue weighted by Crippen LogP contribution is -2.48. The zero-order valence-corrected chi connectivity index (χ0v) is 12.6. The first kappa shape index (κ1) is 16.7. The summed E-state index contributed by atoms with van der Waals surface area (Å²) in [5.41, 5.74) is -0.157. The lowest BCUT2D eigenvalue weighted by molar-refractivity contribution is 0.342. The SMILES string of the molecule is Fc1c(F)c(F)c(CN(CC2CNC2)c2ccccc2)c(F)c1F. The first-order valence-corrected chi connectivity index (χ1v) is 7.50. The fraction of sp³-hybridized carbons (Fsp3) is 0.294. The maximum Gasteiger partial charge on any atom is 0.200 e. The molecule has 2 nitrogen and oxygen atoms in total. The Morgan fingerprint density at radius 3 is 1.88 bits per heavy atom. The summed E-state index contributed by atoms with van der Waals surface area (Å²) in [4.78, 5) is 1.63. The highest BCUT2D eigenvalue weighted by atomic mass is 19.2. The number of nitrogens with zero attached hydrogens (tertiary/aromatic N) is 1. The number of nitrogens with one attached hydrogen (secondary N) is 1. The minimum absolute atomic E-state index is 0.256. The van der Waals surface area contributed by atoms with Crippen LogP contribution < -0.4 is 10.2 Å². The number of halogens is 5. The predicted molar refractivity (Wildman–Crippen MR) is 80.1 cm³/mol. The molecule has 2 aromatic carbocycles. The van der Waals surface area contributed by atoms with Gasteiger partial charge < -0.3 is 10.2 Å². The largest absolute Gasteiger partial charge is 0.367 e. The molecule has 1 N–H and O–H groups in total. The van der Waals surface area contributed by atoms with Crippen LogP contribution in [-0.2, 0) is 6.54 Å². The molecular weight excluding hydrogens is 327 g/mol. The number of hydrogen-bond acceptors (Lipinski definition) is 2. The van der Waals surface area contributed by atoms with Crippen molar-refractivity contribution in [2.24, 2.45) is 5.92 Å². The van der Waals surface area contributed by atoms with Crippen LogP contribution in [0.2, 0.25) is 0 Å². The molecule has 0 amide bonds. The molecule has 1 fully saturated rings. The van der Waals surface area contributed by atoms with Gasteiger partial charge in [0.25, 0.3) is 0 Å². The van der Waals surface area contributed by atoms with Gasteiger partial charge in [0.1, 0.15) is 0 Å². The molecule has 1 heterocycles. The average molecular weight is 342 g/mol. The van der Waals surface area contributed by atoms with Gasteiger partial charge in [0.05, 0.1) is 0 Å². The number of hydrogen-bond donors (Lipinski definition) is 1. The second-order valence-electron chi connectivity index (χ2n) is 5.79. The van der Waals surface area contributed by atoms with Gasteiger partial charge in [-0.25, -0.2) is 22.0 Å². The molecule has 0 aliphatic carbocycles. The Morgan fingerprint density at radius 2 is 1.38 bits per heavy atom. The topological polar surface area (TPSA) is 15.3 Å². The van der Waals surface area contributed by atoms with Crippen LogP contribution in [0, 0.1) is 35.0 Å². The van der Waals surface area contributed by atoms with Crippen molar-refractivity contribution in [3.05, 3.63) is 65.0 Å². The Bertz CT molecular complexity index is 703. The van der Waals surface area contributed by atoms with E-state index in [4.69, 9.17) is 0 Å². The Morgan fingerprint density at radius 1 is 0.833 bits per heavy atom. The van der Waals surface area contributed by atoms with E-state index in [1.54, 1.807) is 35.2 Å². The van der Waals surface area contributed by atoms with Gasteiger partial charge in [-0.1, -0.05) is 18.2 Å². The highest BCUT2D eigenvalue weighted by molar-refractivity contribution is 5.47. The maximum atomic E-state index is 14.0. The van der Waals surface area contributed by atoms with Crippen LogP contribution in [-0.4, -0.2) is 19.6 Å². The Labute approximate surface area is 135 Å². The van der Waals surface area contributed by atoms with Crippen LogP contribution in [0.25, 0.3) is 0 Å². The fourth-order valence-electron chi connectivity index (χ4n) is 2.67. The second-order valence-corrected chi connectivity index (χ2v) is 5.79. The first-order valence-electron chi connectivity index (χ1n) is 7.50. The first-order chi connectivity index (χ1) is 11.5. The van der Waals surface area contributed by atoms with E-state index in [0.29, 0.717) is 12.2 Å². The van der Waals surface area contributed by atoms with E-state index in [2.05, 4.69) is 5.32 Å². The third-order valence-corrected chi connectivity index (χ3v) is 4.12. The maximum absolute atomic E-state index is 14.0. The molecule has 1 saturated heterocycles. The molecule has 0 bridgehead atoms. The van der Waals surface area contributed by atoms with Gasteiger partial charge in [-0.2, -0.15) is 0 Å². The molecule has 0 aromatic heterocycles. The minimum Gasteiger partial charge on any atom is -0.367 e. The van der Waals surface area contributed by atoms with E-state index in [1.165, 1.54) is 0 Å². The van der Waals surface area contributed by atoms with Crippen molar-refractivity contribution in [1.82, 2.24) is 5.32 Å². The molecule has 0 atom stereocenters. The monoisotopic (exact) mass is 342 g/mol. The molecule has 0 radical (unpaired) electrons. The fourth-order valence-corrected chi connectivity index (χ4v) is 2.67. The summed E-state index contributed by atoms with van der Waals surface area (Å²) in [5.74, 6) is -9.27. The molecule has 0 saturated carbocycles. The van der Waals surface area contributed by atoms with Gasteiger partial charge >= 0.3 is 0 Å². The normalized spacial score (nSPS) is 14.5. The molecule has 0 spiro atoms. The summed E-state index contributed by atoms with van der Waals surface area (Å²) in [5, 5.41) is 3.09. The molecule has 1 aliphatic rings. The third kappa shape index (κ3) is 3.08. The summed E-state index contributed by atoms with van der Waals surface area (Å²) in [6.07, 6.45) is 0. The van der Waals surface area contributed by atoms with Gasteiger partial charge in [-0.3, -0.25) is 0 Å². The van der Waals surface area contributed by atoms with Crippen LogP contribution in [0.5, 0.6) is 0 Å². The molecule has 3 rings (SSSR count). The third-order valence-electron chi connectivity index (χ3n) is 4.12. The number of para-hydroxylation sites is 1. The smallest absolute Gasteiger partial charge is 0.200 e. The van der Waals surface area contributed by atoms with E-state index in [-0.39, 0.29) is 5.92 Å². The van der Waals surface area contributed by atoms with Crippen molar-refractivity contribution in [1.29, 1.82) is 0 Å². The van der Waals surface area contributed by atoms with Crippen LogP contribution in [0.3, 0.4) is 0 Å². The Hall–Kier alpha value is -2.15. The van der Waals surface area contributed by atoms with Crippen molar-refractivity contribution >= 4 is 5.69 Å². The number of rotatable bonds is 5. The summed E-state index contributed by atoms with van der Waals surface area (Å²) in [6.45, 7) is 1.56. The zero-order valence-electron chi connectivity index (χ0n) is 12.6. The molecule has 128 valence electrons. The van der Waals surface area contributed by atoms with Gasteiger partial charge in [0.2, 0.25) is 5.82 Å². The number of benzene rings is 2. The lowest BCUT2D eigenvalue weighted by Gasteiger charge is -2.34. The molecule has 0 unspecified atom stereocenters. The highest BCUT2D eigenvalue weighted by Crippen LogP contribution is 2.27. The molecule has 1 aliphatic heterocycles. The summed E-state index contributed by atoms with van der Waals surface area (Å²) >= 11 is 0. The van der Waals surface area contributed by atoms with Gasteiger partial charge in [-0.05, 0) is 12.1 Å². The summed E-state index contributed by atoms with van der Waals surface area (Å²) in [6, 6.07) is 8.75. The second kappa shape index (κ2) is 6.76. The molecular formula is C17H15F5N2. The number of anilines is 1. The van der Waals surface area contributed by atoms with Crippen molar-refractivity contribution in [3.8, 4) is 0 Å². The van der Waals surface area contributed by atoms with E-state index in [0.717, 1.165) is 13.1 Å². The quantitative estimate of drug-likeness (QED) is 0.507. The van der Waals surface area contributed by atoms with E-state index >= 15 is 0 Å². The Balaban J connectivity index is 1.95. The summed E-state index contributed by atoms with van der Waals surface area (Å²) in [7, 11) is 0. The van der Waals surface area contributed by atoms with E-state index < -0.39 is 41.2 Å². The van der Waals surface area contributed by atoms with E-state index in [9.17, 15) is 22.0 Å². The predicted octanol–water partition coefficient (Wildman–Crippen LogP) is 3.61. The lowest BCUT2D eigenvalue weighted by atomic mass is 10.0. The van der Waals surface area contributed by atoms with Crippen LogP contribution in [0.15, 0.2) is 30.3 Å². The highest BCUT2D eigenvalue weighted by Gasteiger charge is 2.28. The van der Waals surface area contributed by atoms with Crippen LogP contribution in [0.1, 0.15) is 5.56 Å². The van der Waals surface area contributed by atoms with Crippen molar-refractivity contribution in [3.63, 3.8) is 0 Å². The van der Waals surface area contributed by atoms with Crippen molar-refractivity contribution in [2.45, 2.75) is 6.54 Å². The Kier molecular flexibility index (Phi) is 4.71. The minimum atomic E-state index is -2.14. The molecule has 7 heteroatoms. The van der Waals surface area contributed by atoms with Crippen molar-refractivity contribution < 1.29 is 22.0 Å². The molecule has 24 heavy (non-hydrogen) atoms. The van der Waals surface area contributed by atoms with Crippen molar-refractivity contribution in [2.75, 3.05) is 24.5 Å². The van der Waals surface area contributed by atoms with E-state index in [1.807, 2.05) is 0 Å². The zero-order chi connectivity index (χ0) is 17.3. The average Bonchev–Trinajstić information content (AvgIpc) is 2.57. The standard InChI is InChI=1S/C17H15F5N2/c18-13-12(14(19)16(21)17(22)15(13)20)9-24(8-10-6-23-7-10)11-4-2-1-3-5-11/h1-5,10,23H,6-9H2. The van der Waals surface area contributed by atoms with Gasteiger partial charge in [0.15, 0.2) is 23.3 Å². The summed E-state index contributed by atoms with van der Waals surface area (Å²) < 4.78 is 67.9. The van der Waals surface area contributed by atoms with Gasteiger partial charge in [-0.15, -0.1) is 0 Å². The van der Waals surface area contributed by atoms with Crippen LogP contribution >= 0.6 is 0 Å².